The molecule has 0 spiro atoms. The quantitative estimate of drug-likeness (QED) is 0.0967. The summed E-state index contributed by atoms with van der Waals surface area (Å²) in [5.41, 5.74) is 18.4. The summed E-state index contributed by atoms with van der Waals surface area (Å²) >= 11 is 0. The summed E-state index contributed by atoms with van der Waals surface area (Å²) in [6, 6.07) is 83.4. The van der Waals surface area contributed by atoms with E-state index in [9.17, 15) is 0 Å². The standard InChI is InChI=1S/C80H66N4/c1-5-9-10-26-65-56-57-25-11-17-33-73(57)81(65)61(7-3)27-23-51-79(58-39-45-62(46-40-58)82-72(8-4)66(24-6-2)67-28-12-18-34-74(67)82)52-54-80(55-53-79,59-41-47-63(48-42-59)83-75-35-19-13-29-68(75)69-30-14-20-36-76(69)83)60-43-49-64(50-44-60)84-77-37-21-15-31-70(77)71-32-16-22-38-78(71)84/h5-51,56H,3-4,52-55H2,1-2H3/b9-5-,24-6-,26-10-,51-23+,61-27+. The highest BCUT2D eigenvalue weighted by Crippen LogP contribution is 2.53. The van der Waals surface area contributed by atoms with Gasteiger partial charge in [0.05, 0.1) is 38.8 Å². The first kappa shape index (κ1) is 52.0. The highest BCUT2D eigenvalue weighted by Gasteiger charge is 2.44. The largest absolute Gasteiger partial charge is 0.310 e. The van der Waals surface area contributed by atoms with Crippen molar-refractivity contribution in [2.75, 3.05) is 0 Å². The Kier molecular flexibility index (Phi) is 13.4. The third-order valence-corrected chi connectivity index (χ3v) is 18.2. The Bertz CT molecular complexity index is 4550. The van der Waals surface area contributed by atoms with Crippen LogP contribution in [0.4, 0.5) is 0 Å². The second kappa shape index (κ2) is 21.6. The van der Waals surface area contributed by atoms with Crippen molar-refractivity contribution in [3.63, 3.8) is 0 Å². The lowest BCUT2D eigenvalue weighted by Crippen LogP contribution is -2.39. The van der Waals surface area contributed by atoms with Crippen LogP contribution in [0.5, 0.6) is 0 Å². The molecule has 0 bridgehead atoms. The van der Waals surface area contributed by atoms with Crippen LogP contribution in [0.15, 0.2) is 286 Å². The van der Waals surface area contributed by atoms with Gasteiger partial charge >= 0.3 is 0 Å². The molecule has 4 aromatic heterocycles. The molecule has 0 amide bonds. The lowest BCUT2D eigenvalue weighted by Gasteiger charge is -2.47. The zero-order valence-electron chi connectivity index (χ0n) is 47.7. The van der Waals surface area contributed by atoms with Gasteiger partial charge in [-0.3, -0.25) is 0 Å². The van der Waals surface area contributed by atoms with Gasteiger partial charge in [0.25, 0.3) is 0 Å². The van der Waals surface area contributed by atoms with Gasteiger partial charge in [0.1, 0.15) is 0 Å². The molecule has 0 unspecified atom stereocenters. The second-order valence-electron chi connectivity index (χ2n) is 22.5. The van der Waals surface area contributed by atoms with Gasteiger partial charge in [-0.15, -0.1) is 0 Å². The predicted molar refractivity (Wildman–Crippen MR) is 360 cm³/mol. The Morgan fingerprint density at radius 3 is 1.33 bits per heavy atom. The fraction of sp³-hybridized carbons (Fsp3) is 0.100. The molecule has 1 aliphatic rings. The summed E-state index contributed by atoms with van der Waals surface area (Å²) < 4.78 is 9.55. The van der Waals surface area contributed by atoms with Crippen LogP contribution < -0.4 is 0 Å². The molecule has 14 rings (SSSR count). The van der Waals surface area contributed by atoms with E-state index in [2.05, 4.69) is 317 Å². The van der Waals surface area contributed by atoms with E-state index in [1.165, 1.54) is 82.2 Å². The Morgan fingerprint density at radius 1 is 0.417 bits per heavy atom. The van der Waals surface area contributed by atoms with E-state index in [1.807, 2.05) is 19.1 Å². The lowest BCUT2D eigenvalue weighted by atomic mass is 9.57. The molecule has 4 heteroatoms. The molecule has 0 atom stereocenters. The van der Waals surface area contributed by atoms with Crippen molar-refractivity contribution in [3.05, 3.63) is 320 Å². The second-order valence-corrected chi connectivity index (χ2v) is 22.5. The SMILES string of the molecule is C=C/C(=C\C=C\C1(c2ccc(-n3c(C=C)c(/C=C\C)c4ccccc43)cc2)CCC(c2ccc(-n3c4ccccc4c4ccccc43)cc2)(c2ccc(-n3c4ccccc4c4ccccc43)cc2)CC1)n1c(/C=C\C=C/C)cc2ccccc21. The van der Waals surface area contributed by atoms with Crippen molar-refractivity contribution >= 4 is 89.3 Å². The van der Waals surface area contributed by atoms with E-state index in [0.29, 0.717) is 0 Å². The Morgan fingerprint density at radius 2 is 0.857 bits per heavy atom. The number of aromatic nitrogens is 4. The molecule has 13 aromatic rings. The highest BCUT2D eigenvalue weighted by molar-refractivity contribution is 6.10. The molecule has 4 nitrogen and oxygen atoms in total. The maximum Gasteiger partial charge on any atom is 0.0541 e. The van der Waals surface area contributed by atoms with E-state index in [4.69, 9.17) is 0 Å². The fourth-order valence-electron chi connectivity index (χ4n) is 14.1. The molecule has 406 valence electrons. The number of hydrogen-bond donors (Lipinski definition) is 0. The number of hydrogen-bond acceptors (Lipinski definition) is 0. The van der Waals surface area contributed by atoms with Crippen LogP contribution >= 0.6 is 0 Å². The molecular formula is C80H66N4. The minimum atomic E-state index is -0.305. The maximum absolute atomic E-state index is 4.40. The van der Waals surface area contributed by atoms with Crippen molar-refractivity contribution in [2.24, 2.45) is 0 Å². The zero-order chi connectivity index (χ0) is 56.8. The van der Waals surface area contributed by atoms with Crippen molar-refractivity contribution in [1.29, 1.82) is 0 Å². The fourth-order valence-corrected chi connectivity index (χ4v) is 14.1. The third kappa shape index (κ3) is 8.59. The first-order valence-corrected chi connectivity index (χ1v) is 29.6. The summed E-state index contributed by atoms with van der Waals surface area (Å²) in [4.78, 5) is 0. The van der Waals surface area contributed by atoms with Gasteiger partial charge < -0.3 is 18.3 Å². The molecule has 9 aromatic carbocycles. The van der Waals surface area contributed by atoms with Crippen LogP contribution in [-0.4, -0.2) is 18.3 Å². The molecule has 0 radical (unpaired) electrons. The zero-order valence-corrected chi connectivity index (χ0v) is 47.7. The van der Waals surface area contributed by atoms with Crippen molar-refractivity contribution in [1.82, 2.24) is 18.3 Å². The molecule has 1 aliphatic carbocycles. The van der Waals surface area contributed by atoms with E-state index in [-0.39, 0.29) is 10.8 Å². The van der Waals surface area contributed by atoms with Gasteiger partial charge in [-0.05, 0) is 159 Å². The summed E-state index contributed by atoms with van der Waals surface area (Å²) in [5, 5.41) is 7.46. The Balaban J connectivity index is 0.908. The van der Waals surface area contributed by atoms with E-state index in [1.54, 1.807) is 0 Å². The molecule has 84 heavy (non-hydrogen) atoms. The van der Waals surface area contributed by atoms with Gasteiger partial charge in [0.15, 0.2) is 0 Å². The van der Waals surface area contributed by atoms with Gasteiger partial charge in [-0.25, -0.2) is 0 Å². The molecular weight excluding hydrogens is 1020 g/mol. The average Bonchev–Trinajstić information content (AvgIpc) is 2.29. The normalized spacial score (nSPS) is 14.8. The number of nitrogens with zero attached hydrogens (tertiary/aromatic N) is 4. The van der Waals surface area contributed by atoms with Gasteiger partial charge in [-0.1, -0.05) is 201 Å². The smallest absolute Gasteiger partial charge is 0.0541 e. The predicted octanol–water partition coefficient (Wildman–Crippen LogP) is 21.1. The van der Waals surface area contributed by atoms with Crippen LogP contribution in [0.1, 0.15) is 73.2 Å². The first-order chi connectivity index (χ1) is 41.5. The van der Waals surface area contributed by atoms with Gasteiger partial charge in [-0.2, -0.15) is 0 Å². The first-order valence-electron chi connectivity index (χ1n) is 29.6. The van der Waals surface area contributed by atoms with E-state index in [0.717, 1.165) is 65.3 Å². The van der Waals surface area contributed by atoms with Gasteiger partial charge in [0, 0.05) is 77.2 Å². The molecule has 1 fully saturated rings. The third-order valence-electron chi connectivity index (χ3n) is 18.2. The van der Waals surface area contributed by atoms with Crippen LogP contribution in [0, 0.1) is 0 Å². The average molecular weight is 1080 g/mol. The summed E-state index contributed by atoms with van der Waals surface area (Å²) in [6.07, 6.45) is 27.5. The van der Waals surface area contributed by atoms with Gasteiger partial charge in [0.2, 0.25) is 0 Å². The van der Waals surface area contributed by atoms with Crippen LogP contribution in [0.3, 0.4) is 0 Å². The topological polar surface area (TPSA) is 19.7 Å². The minimum Gasteiger partial charge on any atom is -0.310 e. The molecule has 0 aliphatic heterocycles. The number of fused-ring (bicyclic) bond motifs is 8. The lowest BCUT2D eigenvalue weighted by molar-refractivity contribution is 0.263. The summed E-state index contributed by atoms with van der Waals surface area (Å²) in [5.74, 6) is 0. The Labute approximate surface area is 492 Å². The monoisotopic (exact) mass is 1080 g/mol. The molecule has 0 saturated heterocycles. The highest BCUT2D eigenvalue weighted by atomic mass is 15.0. The maximum atomic E-state index is 4.40. The van der Waals surface area contributed by atoms with Crippen LogP contribution in [0.25, 0.3) is 106 Å². The molecule has 0 N–H and O–H groups in total. The summed E-state index contributed by atoms with van der Waals surface area (Å²) in [6.45, 7) is 12.9. The number of benzene rings is 9. The van der Waals surface area contributed by atoms with Crippen molar-refractivity contribution in [2.45, 2.75) is 50.4 Å². The number of para-hydroxylation sites is 6. The van der Waals surface area contributed by atoms with E-state index >= 15 is 0 Å². The van der Waals surface area contributed by atoms with Crippen LogP contribution in [0.2, 0.25) is 0 Å². The molecule has 4 heterocycles. The van der Waals surface area contributed by atoms with E-state index < -0.39 is 0 Å². The molecule has 1 saturated carbocycles. The summed E-state index contributed by atoms with van der Waals surface area (Å²) in [7, 11) is 0. The minimum absolute atomic E-state index is 0.289. The van der Waals surface area contributed by atoms with Crippen molar-refractivity contribution in [3.8, 4) is 17.1 Å². The van der Waals surface area contributed by atoms with Crippen LogP contribution in [-0.2, 0) is 10.8 Å². The number of rotatable bonds is 14. The Hall–Kier alpha value is -10.2. The number of allylic oxidation sites excluding steroid dienone is 9. The van der Waals surface area contributed by atoms with Crippen molar-refractivity contribution < 1.29 is 0 Å².